The highest BCUT2D eigenvalue weighted by molar-refractivity contribution is 7.09. The van der Waals surface area contributed by atoms with E-state index in [1.54, 1.807) is 11.3 Å². The van der Waals surface area contributed by atoms with Crippen LogP contribution in [0.4, 0.5) is 0 Å². The Kier molecular flexibility index (Phi) is 3.41. The van der Waals surface area contributed by atoms with Gasteiger partial charge in [0, 0.05) is 30.2 Å². The SMILES string of the molecule is NC1CCN(Cc2ccccc2)C1c1cncs1. The van der Waals surface area contributed by atoms with Crippen LogP contribution in [-0.2, 0) is 6.54 Å². The molecule has 0 spiro atoms. The van der Waals surface area contributed by atoms with Crippen LogP contribution in [0.25, 0.3) is 0 Å². The molecule has 1 aromatic carbocycles. The molecule has 1 fully saturated rings. The van der Waals surface area contributed by atoms with Gasteiger partial charge in [-0.1, -0.05) is 30.3 Å². The molecule has 0 saturated carbocycles. The number of nitrogens with zero attached hydrogens (tertiary/aromatic N) is 2. The summed E-state index contributed by atoms with van der Waals surface area (Å²) < 4.78 is 0. The summed E-state index contributed by atoms with van der Waals surface area (Å²) in [5.74, 6) is 0. The van der Waals surface area contributed by atoms with Crippen LogP contribution in [0, 0.1) is 0 Å². The Hall–Kier alpha value is -1.23. The highest BCUT2D eigenvalue weighted by Gasteiger charge is 2.33. The largest absolute Gasteiger partial charge is 0.326 e. The van der Waals surface area contributed by atoms with Crippen LogP contribution in [0.1, 0.15) is 22.9 Å². The summed E-state index contributed by atoms with van der Waals surface area (Å²) in [6, 6.07) is 11.1. The molecule has 2 heterocycles. The summed E-state index contributed by atoms with van der Waals surface area (Å²) >= 11 is 1.71. The van der Waals surface area contributed by atoms with Gasteiger partial charge in [-0.05, 0) is 12.0 Å². The van der Waals surface area contributed by atoms with Crippen LogP contribution in [0.15, 0.2) is 42.0 Å². The van der Waals surface area contributed by atoms with Gasteiger partial charge in [-0.25, -0.2) is 0 Å². The molecule has 1 saturated heterocycles. The van der Waals surface area contributed by atoms with Crippen molar-refractivity contribution in [2.75, 3.05) is 6.54 Å². The molecule has 2 N–H and O–H groups in total. The van der Waals surface area contributed by atoms with Crippen LogP contribution < -0.4 is 5.73 Å². The zero-order valence-corrected chi connectivity index (χ0v) is 11.0. The van der Waals surface area contributed by atoms with Crippen molar-refractivity contribution in [1.82, 2.24) is 9.88 Å². The maximum atomic E-state index is 6.25. The Bertz CT molecular complexity index is 483. The van der Waals surface area contributed by atoms with Crippen LogP contribution in [0.3, 0.4) is 0 Å². The molecule has 2 atom stereocenters. The number of rotatable bonds is 3. The van der Waals surface area contributed by atoms with Crippen molar-refractivity contribution in [3.63, 3.8) is 0 Å². The maximum Gasteiger partial charge on any atom is 0.0794 e. The topological polar surface area (TPSA) is 42.1 Å². The van der Waals surface area contributed by atoms with Crippen LogP contribution in [0.5, 0.6) is 0 Å². The first-order chi connectivity index (χ1) is 8.84. The minimum absolute atomic E-state index is 0.231. The van der Waals surface area contributed by atoms with Crippen molar-refractivity contribution in [3.05, 3.63) is 52.5 Å². The molecule has 3 rings (SSSR count). The molecule has 1 aromatic heterocycles. The third-order valence-corrected chi connectivity index (χ3v) is 4.37. The molecule has 94 valence electrons. The predicted molar refractivity (Wildman–Crippen MR) is 74.3 cm³/mol. The van der Waals surface area contributed by atoms with Crippen molar-refractivity contribution in [3.8, 4) is 0 Å². The Labute approximate surface area is 111 Å². The smallest absolute Gasteiger partial charge is 0.0794 e. The van der Waals surface area contributed by atoms with Crippen molar-refractivity contribution in [2.45, 2.75) is 25.0 Å². The molecule has 3 nitrogen and oxygen atoms in total. The van der Waals surface area contributed by atoms with Gasteiger partial charge in [-0.2, -0.15) is 0 Å². The molecular formula is C14H17N3S. The van der Waals surface area contributed by atoms with Gasteiger partial charge in [-0.15, -0.1) is 11.3 Å². The zero-order chi connectivity index (χ0) is 12.4. The van der Waals surface area contributed by atoms with E-state index in [4.69, 9.17) is 5.73 Å². The summed E-state index contributed by atoms with van der Waals surface area (Å²) in [5.41, 5.74) is 9.49. The Balaban J connectivity index is 1.79. The number of benzene rings is 1. The van der Waals surface area contributed by atoms with E-state index in [9.17, 15) is 0 Å². The fourth-order valence-corrected chi connectivity index (χ4v) is 3.47. The van der Waals surface area contributed by atoms with E-state index in [1.165, 1.54) is 10.4 Å². The van der Waals surface area contributed by atoms with Gasteiger partial charge < -0.3 is 5.73 Å². The monoisotopic (exact) mass is 259 g/mol. The minimum atomic E-state index is 0.231. The lowest BCUT2D eigenvalue weighted by Gasteiger charge is -2.25. The van der Waals surface area contributed by atoms with Gasteiger partial charge in [0.25, 0.3) is 0 Å². The van der Waals surface area contributed by atoms with Gasteiger partial charge in [0.05, 0.1) is 11.6 Å². The Morgan fingerprint density at radius 1 is 1.33 bits per heavy atom. The van der Waals surface area contributed by atoms with Crippen molar-refractivity contribution >= 4 is 11.3 Å². The number of hydrogen-bond acceptors (Lipinski definition) is 4. The molecule has 4 heteroatoms. The first kappa shape index (κ1) is 11.8. The first-order valence-corrected chi connectivity index (χ1v) is 7.14. The molecule has 1 aliphatic heterocycles. The van der Waals surface area contributed by atoms with Gasteiger partial charge >= 0.3 is 0 Å². The second kappa shape index (κ2) is 5.18. The lowest BCUT2D eigenvalue weighted by atomic mass is 10.1. The zero-order valence-electron chi connectivity index (χ0n) is 10.2. The maximum absolute atomic E-state index is 6.25. The second-order valence-electron chi connectivity index (χ2n) is 4.76. The summed E-state index contributed by atoms with van der Waals surface area (Å²) in [6.07, 6.45) is 3.02. The normalized spacial score (nSPS) is 24.5. The lowest BCUT2D eigenvalue weighted by molar-refractivity contribution is 0.242. The second-order valence-corrected chi connectivity index (χ2v) is 5.68. The highest BCUT2D eigenvalue weighted by Crippen LogP contribution is 2.34. The van der Waals surface area contributed by atoms with Crippen molar-refractivity contribution in [1.29, 1.82) is 0 Å². The van der Waals surface area contributed by atoms with Gasteiger partial charge in [0.1, 0.15) is 0 Å². The number of nitrogens with two attached hydrogens (primary N) is 1. The number of likely N-dealkylation sites (tertiary alicyclic amines) is 1. The van der Waals surface area contributed by atoms with Crippen LogP contribution in [0.2, 0.25) is 0 Å². The van der Waals surface area contributed by atoms with Gasteiger partial charge in [0.2, 0.25) is 0 Å². The van der Waals surface area contributed by atoms with Crippen molar-refractivity contribution in [2.24, 2.45) is 5.73 Å². The molecule has 18 heavy (non-hydrogen) atoms. The third kappa shape index (κ3) is 2.32. The van der Waals surface area contributed by atoms with Gasteiger partial charge in [0.15, 0.2) is 0 Å². The quantitative estimate of drug-likeness (QED) is 0.920. The average Bonchev–Trinajstić information content (AvgIpc) is 3.01. The minimum Gasteiger partial charge on any atom is -0.326 e. The molecule has 0 radical (unpaired) electrons. The van der Waals surface area contributed by atoms with Crippen molar-refractivity contribution < 1.29 is 0 Å². The van der Waals surface area contributed by atoms with Crippen LogP contribution in [-0.4, -0.2) is 22.5 Å². The molecule has 2 aromatic rings. The molecule has 0 aliphatic carbocycles. The summed E-state index contributed by atoms with van der Waals surface area (Å²) in [6.45, 7) is 2.04. The third-order valence-electron chi connectivity index (χ3n) is 3.52. The summed E-state index contributed by atoms with van der Waals surface area (Å²) in [5, 5.41) is 0. The fraction of sp³-hybridized carbons (Fsp3) is 0.357. The van der Waals surface area contributed by atoms with E-state index in [0.29, 0.717) is 6.04 Å². The van der Waals surface area contributed by atoms with Gasteiger partial charge in [-0.3, -0.25) is 9.88 Å². The van der Waals surface area contributed by atoms with E-state index in [2.05, 4.69) is 40.2 Å². The molecule has 0 bridgehead atoms. The Morgan fingerprint density at radius 2 is 2.17 bits per heavy atom. The van der Waals surface area contributed by atoms with Crippen LogP contribution >= 0.6 is 11.3 Å². The number of aromatic nitrogens is 1. The fourth-order valence-electron chi connectivity index (χ4n) is 2.64. The summed E-state index contributed by atoms with van der Waals surface area (Å²) in [4.78, 5) is 7.93. The van der Waals surface area contributed by atoms with E-state index >= 15 is 0 Å². The van der Waals surface area contributed by atoms with E-state index in [-0.39, 0.29) is 6.04 Å². The van der Waals surface area contributed by atoms with E-state index in [0.717, 1.165) is 19.5 Å². The lowest BCUT2D eigenvalue weighted by Crippen LogP contribution is -2.30. The predicted octanol–water partition coefficient (Wildman–Crippen LogP) is 2.42. The molecular weight excluding hydrogens is 242 g/mol. The molecule has 2 unspecified atom stereocenters. The van der Waals surface area contributed by atoms with E-state index in [1.807, 2.05) is 11.7 Å². The average molecular weight is 259 g/mol. The molecule has 0 amide bonds. The first-order valence-electron chi connectivity index (χ1n) is 6.26. The molecule has 1 aliphatic rings. The number of thiazole rings is 1. The highest BCUT2D eigenvalue weighted by atomic mass is 32.1. The van der Waals surface area contributed by atoms with E-state index < -0.39 is 0 Å². The Morgan fingerprint density at radius 3 is 2.89 bits per heavy atom. The number of hydrogen-bond donors (Lipinski definition) is 1. The summed E-state index contributed by atoms with van der Waals surface area (Å²) in [7, 11) is 0. The standard InChI is InChI=1S/C14H17N3S/c15-12-6-7-17(9-11-4-2-1-3-5-11)14(12)13-8-16-10-18-13/h1-5,8,10,12,14H,6-7,9,15H2.